The van der Waals surface area contributed by atoms with E-state index in [1.54, 1.807) is 0 Å². The molecule has 0 radical (unpaired) electrons. The molecule has 13 heavy (non-hydrogen) atoms. The van der Waals surface area contributed by atoms with Crippen LogP contribution in [0.4, 0.5) is 0 Å². The van der Waals surface area contributed by atoms with Gasteiger partial charge in [-0.3, -0.25) is 0 Å². The van der Waals surface area contributed by atoms with Crippen molar-refractivity contribution in [2.45, 2.75) is 6.92 Å². The summed E-state index contributed by atoms with van der Waals surface area (Å²) in [4.78, 5) is 0. The number of rotatable bonds is 2. The zero-order valence-electron chi connectivity index (χ0n) is 7.90. The molecule has 1 aromatic carbocycles. The van der Waals surface area contributed by atoms with Gasteiger partial charge in [0, 0.05) is 0 Å². The lowest BCUT2D eigenvalue weighted by molar-refractivity contribution is 1.53. The standard InChI is InChI=1S/C13H14/c1-3-4-5-6-10-13-11-8-7-9-12(13)2/h3-11H,2H2,1H3. The van der Waals surface area contributed by atoms with Crippen molar-refractivity contribution in [1.82, 2.24) is 0 Å². The van der Waals surface area contributed by atoms with E-state index in [4.69, 9.17) is 0 Å². The second kappa shape index (κ2) is 5.15. The van der Waals surface area contributed by atoms with Crippen LogP contribution in [0.15, 0.2) is 48.6 Å². The average molecular weight is 170 g/mol. The lowest BCUT2D eigenvalue weighted by Crippen LogP contribution is -2.21. The molecule has 0 unspecified atom stereocenters. The smallest absolute Gasteiger partial charge is 0.0190 e. The summed E-state index contributed by atoms with van der Waals surface area (Å²) in [5, 5.41) is 2.23. The van der Waals surface area contributed by atoms with E-state index < -0.39 is 0 Å². The van der Waals surface area contributed by atoms with Gasteiger partial charge in [0.15, 0.2) is 0 Å². The van der Waals surface area contributed by atoms with Gasteiger partial charge in [-0.05, 0) is 17.4 Å². The van der Waals surface area contributed by atoms with Gasteiger partial charge >= 0.3 is 0 Å². The summed E-state index contributed by atoms with van der Waals surface area (Å²) in [6, 6.07) is 8.08. The third-order valence-electron chi connectivity index (χ3n) is 1.75. The molecule has 0 saturated heterocycles. The minimum atomic E-state index is 1.06. The number of benzene rings is 1. The van der Waals surface area contributed by atoms with Gasteiger partial charge in [-0.25, -0.2) is 0 Å². The summed E-state index contributed by atoms with van der Waals surface area (Å²) in [5.74, 6) is 0. The summed E-state index contributed by atoms with van der Waals surface area (Å²) < 4.78 is 0. The van der Waals surface area contributed by atoms with Crippen molar-refractivity contribution in [3.8, 4) is 0 Å². The fourth-order valence-corrected chi connectivity index (χ4v) is 1.03. The minimum absolute atomic E-state index is 1.06. The third kappa shape index (κ3) is 3.12. The molecule has 0 saturated carbocycles. The highest BCUT2D eigenvalue weighted by molar-refractivity contribution is 5.38. The summed E-state index contributed by atoms with van der Waals surface area (Å²) in [6.45, 7) is 5.94. The highest BCUT2D eigenvalue weighted by Crippen LogP contribution is 1.77. The topological polar surface area (TPSA) is 0 Å². The molecule has 66 valence electrons. The molecule has 0 heteroatoms. The molecule has 0 aliphatic carbocycles. The molecule has 1 aromatic rings. The van der Waals surface area contributed by atoms with E-state index in [0.717, 1.165) is 5.22 Å². The van der Waals surface area contributed by atoms with Crippen LogP contribution >= 0.6 is 0 Å². The molecule has 1 rings (SSSR count). The largest absolute Gasteiger partial charge is 0.0912 e. The SMILES string of the molecule is C=c1ccccc1=CC=CC=CC. The Kier molecular flexibility index (Phi) is 3.77. The average Bonchev–Trinajstić information content (AvgIpc) is 2.15. The van der Waals surface area contributed by atoms with Gasteiger partial charge in [-0.2, -0.15) is 0 Å². The Bertz CT molecular complexity index is 408. The van der Waals surface area contributed by atoms with Crippen molar-refractivity contribution in [1.29, 1.82) is 0 Å². The summed E-state index contributed by atoms with van der Waals surface area (Å²) in [5.41, 5.74) is 0. The maximum atomic E-state index is 3.94. The van der Waals surface area contributed by atoms with E-state index in [-0.39, 0.29) is 0 Å². The van der Waals surface area contributed by atoms with E-state index >= 15 is 0 Å². The molecular weight excluding hydrogens is 156 g/mol. The molecule has 0 N–H and O–H groups in total. The highest BCUT2D eigenvalue weighted by Gasteiger charge is 1.76. The van der Waals surface area contributed by atoms with Crippen LogP contribution in [0.2, 0.25) is 0 Å². The van der Waals surface area contributed by atoms with Crippen molar-refractivity contribution < 1.29 is 0 Å². The normalized spacial score (nSPS) is 13.2. The Hall–Kier alpha value is -1.56. The Morgan fingerprint density at radius 1 is 1.08 bits per heavy atom. The predicted molar refractivity (Wildman–Crippen MR) is 59.6 cm³/mol. The van der Waals surface area contributed by atoms with Crippen LogP contribution in [0, 0.1) is 0 Å². The van der Waals surface area contributed by atoms with Gasteiger partial charge in [-0.1, -0.05) is 61.2 Å². The molecule has 0 atom stereocenters. The monoisotopic (exact) mass is 170 g/mol. The van der Waals surface area contributed by atoms with E-state index in [9.17, 15) is 0 Å². The molecular formula is C13H14. The predicted octanol–water partition coefficient (Wildman–Crippen LogP) is 2.01. The van der Waals surface area contributed by atoms with Crippen molar-refractivity contribution in [2.24, 2.45) is 0 Å². The van der Waals surface area contributed by atoms with Crippen molar-refractivity contribution in [3.05, 3.63) is 59.0 Å². The molecule has 0 fully saturated rings. The van der Waals surface area contributed by atoms with Crippen molar-refractivity contribution >= 4 is 12.7 Å². The van der Waals surface area contributed by atoms with E-state index in [0.29, 0.717) is 0 Å². The van der Waals surface area contributed by atoms with E-state index in [1.807, 2.05) is 49.4 Å². The Morgan fingerprint density at radius 2 is 1.85 bits per heavy atom. The Balaban J connectivity index is 2.95. The van der Waals surface area contributed by atoms with Gasteiger partial charge in [-0.15, -0.1) is 0 Å². The maximum absolute atomic E-state index is 3.94. The first-order valence-corrected chi connectivity index (χ1v) is 4.38. The minimum Gasteiger partial charge on any atom is -0.0912 e. The quantitative estimate of drug-likeness (QED) is 0.596. The molecule has 0 spiro atoms. The third-order valence-corrected chi connectivity index (χ3v) is 1.75. The number of allylic oxidation sites excluding steroid dienone is 4. The van der Waals surface area contributed by atoms with Crippen LogP contribution in [0.5, 0.6) is 0 Å². The van der Waals surface area contributed by atoms with Crippen molar-refractivity contribution in [2.75, 3.05) is 0 Å². The van der Waals surface area contributed by atoms with Gasteiger partial charge < -0.3 is 0 Å². The van der Waals surface area contributed by atoms with Gasteiger partial charge in [0.2, 0.25) is 0 Å². The van der Waals surface area contributed by atoms with Crippen LogP contribution in [0.1, 0.15) is 6.92 Å². The molecule has 0 aliphatic rings. The van der Waals surface area contributed by atoms with Gasteiger partial charge in [0.1, 0.15) is 0 Å². The van der Waals surface area contributed by atoms with Crippen molar-refractivity contribution in [3.63, 3.8) is 0 Å². The Labute approximate surface area is 79.2 Å². The lowest BCUT2D eigenvalue weighted by atomic mass is 10.2. The molecule has 0 aromatic heterocycles. The fraction of sp³-hybridized carbons (Fsp3) is 0.0769. The second-order valence-electron chi connectivity index (χ2n) is 2.78. The first-order valence-electron chi connectivity index (χ1n) is 4.38. The molecule has 0 heterocycles. The van der Waals surface area contributed by atoms with Crippen LogP contribution in [0.3, 0.4) is 0 Å². The van der Waals surface area contributed by atoms with Gasteiger partial charge in [0.05, 0.1) is 0 Å². The number of hydrogen-bond acceptors (Lipinski definition) is 0. The zero-order valence-corrected chi connectivity index (χ0v) is 7.90. The maximum Gasteiger partial charge on any atom is -0.0190 e. The molecule has 0 nitrogen and oxygen atoms in total. The summed E-state index contributed by atoms with van der Waals surface area (Å²) in [6.07, 6.45) is 10.1. The first-order chi connectivity index (χ1) is 6.34. The molecule has 0 bridgehead atoms. The van der Waals surface area contributed by atoms with Crippen LogP contribution in [0.25, 0.3) is 12.7 Å². The fourth-order valence-electron chi connectivity index (χ4n) is 1.03. The first kappa shape index (κ1) is 9.53. The molecule has 0 aliphatic heterocycles. The molecule has 0 amide bonds. The summed E-state index contributed by atoms with van der Waals surface area (Å²) in [7, 11) is 0. The van der Waals surface area contributed by atoms with E-state index in [1.165, 1.54) is 5.22 Å². The van der Waals surface area contributed by atoms with Crippen LogP contribution in [-0.2, 0) is 0 Å². The lowest BCUT2D eigenvalue weighted by Gasteiger charge is -1.84. The Morgan fingerprint density at radius 3 is 2.54 bits per heavy atom. The zero-order chi connectivity index (χ0) is 9.52. The van der Waals surface area contributed by atoms with Crippen LogP contribution in [-0.4, -0.2) is 0 Å². The number of hydrogen-bond donors (Lipinski definition) is 0. The van der Waals surface area contributed by atoms with Crippen LogP contribution < -0.4 is 10.4 Å². The van der Waals surface area contributed by atoms with Gasteiger partial charge in [0.25, 0.3) is 0 Å². The highest BCUT2D eigenvalue weighted by atomic mass is 13.8. The second-order valence-corrected chi connectivity index (χ2v) is 2.78. The van der Waals surface area contributed by atoms with E-state index in [2.05, 4.69) is 18.7 Å². The summed E-state index contributed by atoms with van der Waals surface area (Å²) >= 11 is 0.